The fraction of sp³-hybridized carbons (Fsp3) is 0.100. The first-order valence-corrected chi connectivity index (χ1v) is 3.87. The zero-order valence-electron chi connectivity index (χ0n) is 7.11. The van der Waals surface area contributed by atoms with Crippen molar-refractivity contribution in [3.8, 4) is 5.75 Å². The van der Waals surface area contributed by atoms with Crippen LogP contribution in [0.2, 0.25) is 0 Å². The highest BCUT2D eigenvalue weighted by molar-refractivity contribution is 5.77. The van der Waals surface area contributed by atoms with Gasteiger partial charge in [-0.1, -0.05) is 6.07 Å². The highest BCUT2D eigenvalue weighted by Gasteiger charge is 2.03. The predicted octanol–water partition coefficient (Wildman–Crippen LogP) is 1.80. The van der Waals surface area contributed by atoms with Crippen LogP contribution in [0.4, 0.5) is 0 Å². The summed E-state index contributed by atoms with van der Waals surface area (Å²) in [4.78, 5) is 11.6. The summed E-state index contributed by atoms with van der Waals surface area (Å²) in [7, 11) is 1.47. The fourth-order valence-corrected chi connectivity index (χ4v) is 1.23. The summed E-state index contributed by atoms with van der Waals surface area (Å²) in [6.45, 7) is 0. The van der Waals surface area contributed by atoms with Gasteiger partial charge in [0.1, 0.15) is 5.58 Å². The van der Waals surface area contributed by atoms with E-state index in [0.717, 1.165) is 0 Å². The third-order valence-corrected chi connectivity index (χ3v) is 1.88. The van der Waals surface area contributed by atoms with Crippen molar-refractivity contribution in [2.24, 2.45) is 0 Å². The van der Waals surface area contributed by atoms with Crippen LogP contribution >= 0.6 is 0 Å². The summed E-state index contributed by atoms with van der Waals surface area (Å²) in [5.74, 6) is 0.330. The first-order chi connectivity index (χ1) is 6.33. The van der Waals surface area contributed by atoms with Crippen LogP contribution in [-0.4, -0.2) is 7.11 Å². The summed E-state index contributed by atoms with van der Waals surface area (Å²) in [6, 6.07) is 6.73. The van der Waals surface area contributed by atoms with E-state index < -0.39 is 0 Å². The van der Waals surface area contributed by atoms with E-state index in [9.17, 15) is 4.79 Å². The molecule has 2 aromatic rings. The number of rotatable bonds is 1. The van der Waals surface area contributed by atoms with E-state index in [1.807, 2.05) is 0 Å². The third-order valence-electron chi connectivity index (χ3n) is 1.88. The Morgan fingerprint density at radius 3 is 2.92 bits per heavy atom. The molecule has 0 saturated carbocycles. The molecule has 1 aromatic heterocycles. The van der Waals surface area contributed by atoms with Crippen molar-refractivity contribution in [3.63, 3.8) is 0 Å². The summed E-state index contributed by atoms with van der Waals surface area (Å²) in [5.41, 5.74) is 0.435. The van der Waals surface area contributed by atoms with Gasteiger partial charge in [0, 0.05) is 0 Å². The third kappa shape index (κ3) is 1.18. The summed E-state index contributed by atoms with van der Waals surface area (Å²) in [5, 5.41) is 0.543. The lowest BCUT2D eigenvalue weighted by atomic mass is 10.3. The number of hydrogen-bond acceptors (Lipinski definition) is 3. The van der Waals surface area contributed by atoms with Gasteiger partial charge in [-0.3, -0.25) is 4.79 Å². The monoisotopic (exact) mass is 176 g/mol. The van der Waals surface area contributed by atoms with E-state index in [-0.39, 0.29) is 5.43 Å². The SMILES string of the molecule is COc1cccc2occc2c1=O. The predicted molar refractivity (Wildman–Crippen MR) is 49.0 cm³/mol. The second-order valence-electron chi connectivity index (χ2n) is 2.62. The van der Waals surface area contributed by atoms with Crippen molar-refractivity contribution >= 4 is 11.0 Å². The Hall–Kier alpha value is -1.77. The standard InChI is InChI=1S/C10H8O3/c1-12-9-4-2-3-8-7(10(9)11)5-6-13-8/h2-6H,1H3. The van der Waals surface area contributed by atoms with Crippen LogP contribution in [-0.2, 0) is 0 Å². The normalized spacial score (nSPS) is 10.2. The van der Waals surface area contributed by atoms with Crippen LogP contribution in [0.25, 0.3) is 11.0 Å². The molecule has 0 unspecified atom stereocenters. The average molecular weight is 176 g/mol. The molecule has 1 heterocycles. The largest absolute Gasteiger partial charge is 0.493 e. The number of fused-ring (bicyclic) bond motifs is 1. The van der Waals surface area contributed by atoms with Crippen molar-refractivity contribution in [1.29, 1.82) is 0 Å². The van der Waals surface area contributed by atoms with Crippen molar-refractivity contribution in [3.05, 3.63) is 40.8 Å². The first-order valence-electron chi connectivity index (χ1n) is 3.87. The van der Waals surface area contributed by atoms with E-state index in [2.05, 4.69) is 0 Å². The lowest BCUT2D eigenvalue weighted by Crippen LogP contribution is -2.00. The van der Waals surface area contributed by atoms with Crippen LogP contribution in [0.1, 0.15) is 0 Å². The molecule has 0 aliphatic heterocycles. The van der Waals surface area contributed by atoms with E-state index in [1.54, 1.807) is 24.3 Å². The van der Waals surface area contributed by atoms with Crippen molar-refractivity contribution in [2.45, 2.75) is 0 Å². The second kappa shape index (κ2) is 2.94. The van der Waals surface area contributed by atoms with Crippen molar-refractivity contribution in [1.82, 2.24) is 0 Å². The van der Waals surface area contributed by atoms with Gasteiger partial charge in [0.2, 0.25) is 5.43 Å². The first kappa shape index (κ1) is 7.86. The number of furan rings is 1. The summed E-state index contributed by atoms with van der Waals surface area (Å²) in [6.07, 6.45) is 1.49. The molecule has 0 amide bonds. The van der Waals surface area contributed by atoms with Crippen LogP contribution in [0.5, 0.6) is 5.75 Å². The molecule has 3 nitrogen and oxygen atoms in total. The molecule has 1 aromatic carbocycles. The Labute approximate surface area is 74.6 Å². The molecule has 0 radical (unpaired) electrons. The molecule has 0 N–H and O–H groups in total. The molecule has 0 aliphatic rings. The minimum atomic E-state index is -0.142. The van der Waals surface area contributed by atoms with Crippen LogP contribution in [0, 0.1) is 0 Å². The fourth-order valence-electron chi connectivity index (χ4n) is 1.23. The van der Waals surface area contributed by atoms with Gasteiger partial charge in [0.15, 0.2) is 5.75 Å². The number of methoxy groups -OCH3 is 1. The van der Waals surface area contributed by atoms with Crippen LogP contribution in [0.15, 0.2) is 39.7 Å². The maximum Gasteiger partial charge on any atom is 0.231 e. The van der Waals surface area contributed by atoms with E-state index in [0.29, 0.717) is 16.7 Å². The highest BCUT2D eigenvalue weighted by atomic mass is 16.5. The Balaban J connectivity index is 2.94. The minimum absolute atomic E-state index is 0.142. The minimum Gasteiger partial charge on any atom is -0.493 e. The molecule has 13 heavy (non-hydrogen) atoms. The van der Waals surface area contributed by atoms with Gasteiger partial charge in [0.25, 0.3) is 0 Å². The molecule has 0 atom stereocenters. The van der Waals surface area contributed by atoms with E-state index in [1.165, 1.54) is 13.4 Å². The van der Waals surface area contributed by atoms with Gasteiger partial charge in [-0.25, -0.2) is 0 Å². The molecule has 0 fully saturated rings. The molecule has 0 saturated heterocycles. The zero-order chi connectivity index (χ0) is 9.26. The van der Waals surface area contributed by atoms with Gasteiger partial charge < -0.3 is 9.15 Å². The molecule has 66 valence electrons. The molecule has 2 rings (SSSR count). The van der Waals surface area contributed by atoms with E-state index in [4.69, 9.17) is 9.15 Å². The number of ether oxygens (including phenoxy) is 1. The lowest BCUT2D eigenvalue weighted by Gasteiger charge is -1.90. The Bertz CT molecular complexity index is 485. The number of hydrogen-bond donors (Lipinski definition) is 0. The second-order valence-corrected chi connectivity index (χ2v) is 2.62. The van der Waals surface area contributed by atoms with Gasteiger partial charge >= 0.3 is 0 Å². The van der Waals surface area contributed by atoms with Crippen LogP contribution in [0.3, 0.4) is 0 Å². The average Bonchev–Trinajstić information content (AvgIpc) is 2.54. The molecular formula is C10H8O3. The Kier molecular flexibility index (Phi) is 1.77. The summed E-state index contributed by atoms with van der Waals surface area (Å²) >= 11 is 0. The van der Waals surface area contributed by atoms with Gasteiger partial charge in [0.05, 0.1) is 18.8 Å². The van der Waals surface area contributed by atoms with Crippen LogP contribution < -0.4 is 10.2 Å². The Morgan fingerprint density at radius 1 is 1.31 bits per heavy atom. The maximum absolute atomic E-state index is 11.6. The lowest BCUT2D eigenvalue weighted by molar-refractivity contribution is 0.412. The topological polar surface area (TPSA) is 39.4 Å². The van der Waals surface area contributed by atoms with Gasteiger partial charge in [-0.2, -0.15) is 0 Å². The quantitative estimate of drug-likeness (QED) is 0.665. The molecule has 3 heteroatoms. The highest BCUT2D eigenvalue weighted by Crippen LogP contribution is 2.12. The van der Waals surface area contributed by atoms with Crippen molar-refractivity contribution in [2.75, 3.05) is 7.11 Å². The maximum atomic E-state index is 11.6. The Morgan fingerprint density at radius 2 is 2.15 bits per heavy atom. The van der Waals surface area contributed by atoms with E-state index >= 15 is 0 Å². The molecular weight excluding hydrogens is 168 g/mol. The van der Waals surface area contributed by atoms with Crippen molar-refractivity contribution < 1.29 is 9.15 Å². The molecule has 0 bridgehead atoms. The smallest absolute Gasteiger partial charge is 0.231 e. The van der Waals surface area contributed by atoms with Gasteiger partial charge in [-0.15, -0.1) is 0 Å². The summed E-state index contributed by atoms with van der Waals surface area (Å²) < 4.78 is 10.0. The zero-order valence-corrected chi connectivity index (χ0v) is 7.11. The van der Waals surface area contributed by atoms with Gasteiger partial charge in [-0.05, 0) is 18.2 Å². The molecule has 0 spiro atoms. The molecule has 0 aliphatic carbocycles.